The van der Waals surface area contributed by atoms with Crippen molar-refractivity contribution >= 4 is 17.5 Å². The number of benzene rings is 1. The van der Waals surface area contributed by atoms with Gasteiger partial charge in [-0.3, -0.25) is 19.6 Å². The molecule has 1 aromatic carbocycles. The van der Waals surface area contributed by atoms with E-state index in [9.17, 15) is 9.59 Å². The quantitative estimate of drug-likeness (QED) is 0.641. The van der Waals surface area contributed by atoms with E-state index in [0.29, 0.717) is 29.3 Å². The summed E-state index contributed by atoms with van der Waals surface area (Å²) in [7, 11) is 3.05. The van der Waals surface area contributed by atoms with Crippen LogP contribution in [0.15, 0.2) is 61.1 Å². The molecule has 0 radical (unpaired) electrons. The molecule has 0 bridgehead atoms. The van der Waals surface area contributed by atoms with Crippen LogP contribution in [-0.4, -0.2) is 36.0 Å². The zero-order valence-corrected chi connectivity index (χ0v) is 16.0. The van der Waals surface area contributed by atoms with Gasteiger partial charge in [-0.2, -0.15) is 0 Å². The number of carbonyl (C=O) groups excluding carboxylic acids is 2. The number of amides is 2. The zero-order chi connectivity index (χ0) is 20.6. The third-order valence-corrected chi connectivity index (χ3v) is 4.11. The smallest absolute Gasteiger partial charge is 0.270 e. The Hall–Kier alpha value is -3.94. The number of hydrogen-bond acceptors (Lipinski definition) is 6. The number of anilines is 1. The van der Waals surface area contributed by atoms with Crippen molar-refractivity contribution in [2.45, 2.75) is 6.54 Å². The van der Waals surface area contributed by atoms with Gasteiger partial charge in [0.2, 0.25) is 0 Å². The molecule has 3 rings (SSSR count). The number of methoxy groups -OCH3 is 2. The summed E-state index contributed by atoms with van der Waals surface area (Å²) in [6.07, 6.45) is 4.72. The number of aromatic nitrogens is 2. The molecule has 148 valence electrons. The van der Waals surface area contributed by atoms with Gasteiger partial charge in [-0.05, 0) is 42.0 Å². The normalized spacial score (nSPS) is 10.1. The standard InChI is InChI=1S/C21H20N4O4/c1-28-16-3-4-17(19(12-16)29-2)25-20(26)15-7-10-23-18(11-15)21(27)24-13-14-5-8-22-9-6-14/h3-12H,13H2,1-2H3,(H,24,27)(H,25,26). The van der Waals surface area contributed by atoms with E-state index in [1.807, 2.05) is 0 Å². The Morgan fingerprint density at radius 3 is 2.45 bits per heavy atom. The van der Waals surface area contributed by atoms with Gasteiger partial charge in [-0.1, -0.05) is 0 Å². The van der Waals surface area contributed by atoms with E-state index in [-0.39, 0.29) is 17.5 Å². The molecular formula is C21H20N4O4. The molecule has 29 heavy (non-hydrogen) atoms. The summed E-state index contributed by atoms with van der Waals surface area (Å²) in [4.78, 5) is 33.0. The molecule has 0 spiro atoms. The first-order valence-electron chi connectivity index (χ1n) is 8.77. The molecule has 0 atom stereocenters. The van der Waals surface area contributed by atoms with Crippen molar-refractivity contribution in [3.63, 3.8) is 0 Å². The van der Waals surface area contributed by atoms with Gasteiger partial charge in [0, 0.05) is 36.8 Å². The molecule has 0 aliphatic rings. The average molecular weight is 392 g/mol. The van der Waals surface area contributed by atoms with Crippen LogP contribution in [0.25, 0.3) is 0 Å². The lowest BCUT2D eigenvalue weighted by Crippen LogP contribution is -2.24. The van der Waals surface area contributed by atoms with E-state index in [4.69, 9.17) is 9.47 Å². The number of pyridine rings is 2. The fourth-order valence-corrected chi connectivity index (χ4v) is 2.57. The van der Waals surface area contributed by atoms with Gasteiger partial charge in [0.15, 0.2) is 0 Å². The predicted molar refractivity (Wildman–Crippen MR) is 107 cm³/mol. The molecule has 2 aromatic heterocycles. The highest BCUT2D eigenvalue weighted by Crippen LogP contribution is 2.29. The Morgan fingerprint density at radius 2 is 1.72 bits per heavy atom. The van der Waals surface area contributed by atoms with Crippen molar-refractivity contribution in [3.8, 4) is 11.5 Å². The first-order valence-corrected chi connectivity index (χ1v) is 8.77. The predicted octanol–water partition coefficient (Wildman–Crippen LogP) is 2.68. The molecule has 0 saturated heterocycles. The van der Waals surface area contributed by atoms with Crippen LogP contribution in [0.2, 0.25) is 0 Å². The highest BCUT2D eigenvalue weighted by Gasteiger charge is 2.14. The van der Waals surface area contributed by atoms with E-state index in [0.717, 1.165) is 5.56 Å². The van der Waals surface area contributed by atoms with Gasteiger partial charge in [0.05, 0.1) is 19.9 Å². The fourth-order valence-electron chi connectivity index (χ4n) is 2.57. The number of rotatable bonds is 7. The summed E-state index contributed by atoms with van der Waals surface area (Å²) in [6.45, 7) is 0.336. The van der Waals surface area contributed by atoms with Crippen molar-refractivity contribution in [2.75, 3.05) is 19.5 Å². The Balaban J connectivity index is 1.70. The second kappa shape index (κ2) is 9.32. The van der Waals surface area contributed by atoms with Crippen molar-refractivity contribution in [1.29, 1.82) is 0 Å². The number of nitrogens with one attached hydrogen (secondary N) is 2. The van der Waals surface area contributed by atoms with E-state index >= 15 is 0 Å². The van der Waals surface area contributed by atoms with Crippen LogP contribution in [0, 0.1) is 0 Å². The number of nitrogens with zero attached hydrogens (tertiary/aromatic N) is 2. The summed E-state index contributed by atoms with van der Waals surface area (Å²) in [6, 6.07) is 11.6. The first kappa shape index (κ1) is 19.8. The Morgan fingerprint density at radius 1 is 0.931 bits per heavy atom. The van der Waals surface area contributed by atoms with Crippen molar-refractivity contribution < 1.29 is 19.1 Å². The van der Waals surface area contributed by atoms with Crippen LogP contribution < -0.4 is 20.1 Å². The number of hydrogen-bond donors (Lipinski definition) is 2. The minimum atomic E-state index is -0.390. The second-order valence-corrected chi connectivity index (χ2v) is 5.99. The Kier molecular flexibility index (Phi) is 6.36. The summed E-state index contributed by atoms with van der Waals surface area (Å²) in [5, 5.41) is 5.53. The van der Waals surface area contributed by atoms with Crippen LogP contribution in [-0.2, 0) is 6.54 Å². The number of ether oxygens (including phenoxy) is 2. The fraction of sp³-hybridized carbons (Fsp3) is 0.143. The van der Waals surface area contributed by atoms with E-state index in [2.05, 4.69) is 20.6 Å². The molecule has 0 saturated carbocycles. The first-order chi connectivity index (χ1) is 14.1. The molecule has 0 aliphatic carbocycles. The van der Waals surface area contributed by atoms with E-state index < -0.39 is 0 Å². The molecule has 2 amide bonds. The minimum Gasteiger partial charge on any atom is -0.497 e. The highest BCUT2D eigenvalue weighted by molar-refractivity contribution is 6.06. The molecule has 2 N–H and O–H groups in total. The SMILES string of the molecule is COc1ccc(NC(=O)c2ccnc(C(=O)NCc3ccncc3)c2)c(OC)c1. The van der Waals surface area contributed by atoms with Crippen molar-refractivity contribution in [1.82, 2.24) is 15.3 Å². The number of carbonyl (C=O) groups is 2. The van der Waals surface area contributed by atoms with Crippen molar-refractivity contribution in [3.05, 3.63) is 77.9 Å². The largest absolute Gasteiger partial charge is 0.497 e. The van der Waals surface area contributed by atoms with Gasteiger partial charge in [-0.15, -0.1) is 0 Å². The third-order valence-electron chi connectivity index (χ3n) is 4.11. The summed E-state index contributed by atoms with van der Waals surface area (Å²) in [5.74, 6) is 0.302. The summed E-state index contributed by atoms with van der Waals surface area (Å²) < 4.78 is 10.4. The lowest BCUT2D eigenvalue weighted by molar-refractivity contribution is 0.0946. The zero-order valence-electron chi connectivity index (χ0n) is 16.0. The third kappa shape index (κ3) is 5.07. The molecule has 0 fully saturated rings. The highest BCUT2D eigenvalue weighted by atomic mass is 16.5. The Labute approximate surface area is 167 Å². The van der Waals surface area contributed by atoms with Gasteiger partial charge < -0.3 is 20.1 Å². The topological polar surface area (TPSA) is 102 Å². The molecule has 0 unspecified atom stereocenters. The molecule has 2 heterocycles. The van der Waals surface area contributed by atoms with Crippen LogP contribution in [0.5, 0.6) is 11.5 Å². The van der Waals surface area contributed by atoms with Gasteiger partial charge in [0.25, 0.3) is 11.8 Å². The van der Waals surface area contributed by atoms with Crippen LogP contribution in [0.3, 0.4) is 0 Å². The van der Waals surface area contributed by atoms with Crippen LogP contribution >= 0.6 is 0 Å². The van der Waals surface area contributed by atoms with Crippen molar-refractivity contribution in [2.24, 2.45) is 0 Å². The molecule has 8 heteroatoms. The van der Waals surface area contributed by atoms with Gasteiger partial charge in [-0.25, -0.2) is 0 Å². The summed E-state index contributed by atoms with van der Waals surface area (Å²) in [5.41, 5.74) is 1.84. The van der Waals surface area contributed by atoms with Gasteiger partial charge in [0.1, 0.15) is 17.2 Å². The molecule has 0 aliphatic heterocycles. The second-order valence-electron chi connectivity index (χ2n) is 5.99. The lowest BCUT2D eigenvalue weighted by Gasteiger charge is -2.12. The molecule has 8 nitrogen and oxygen atoms in total. The average Bonchev–Trinajstić information content (AvgIpc) is 2.78. The summed E-state index contributed by atoms with van der Waals surface area (Å²) >= 11 is 0. The minimum absolute atomic E-state index is 0.147. The molecular weight excluding hydrogens is 372 g/mol. The Bertz CT molecular complexity index is 1010. The maximum absolute atomic E-state index is 12.6. The van der Waals surface area contributed by atoms with Crippen LogP contribution in [0.4, 0.5) is 5.69 Å². The van der Waals surface area contributed by atoms with Crippen LogP contribution in [0.1, 0.15) is 26.4 Å². The maximum atomic E-state index is 12.6. The molecule has 3 aromatic rings. The van der Waals surface area contributed by atoms with E-state index in [1.165, 1.54) is 25.4 Å². The van der Waals surface area contributed by atoms with E-state index in [1.54, 1.807) is 49.8 Å². The maximum Gasteiger partial charge on any atom is 0.270 e. The van der Waals surface area contributed by atoms with Gasteiger partial charge >= 0.3 is 0 Å². The lowest BCUT2D eigenvalue weighted by atomic mass is 10.2. The monoisotopic (exact) mass is 392 g/mol.